The zero-order valence-electron chi connectivity index (χ0n) is 16.6. The van der Waals surface area contributed by atoms with Gasteiger partial charge in [0.25, 0.3) is 0 Å². The van der Waals surface area contributed by atoms with E-state index in [1.165, 1.54) is 12.0 Å². The highest BCUT2D eigenvalue weighted by molar-refractivity contribution is 14.0. The SMILES string of the molecule is CN=C(NCCCOCC1CCOC1)N1CCC(Cc2cnn(C)c2)C1.I. The van der Waals surface area contributed by atoms with Crippen LogP contribution in [-0.4, -0.2) is 73.7 Å². The molecule has 1 N–H and O–H groups in total. The van der Waals surface area contributed by atoms with Gasteiger partial charge in [-0.1, -0.05) is 0 Å². The number of rotatable bonds is 8. The number of hydrogen-bond donors (Lipinski definition) is 1. The van der Waals surface area contributed by atoms with Crippen LogP contribution in [-0.2, 0) is 22.9 Å². The van der Waals surface area contributed by atoms with Crippen LogP contribution in [0.2, 0.25) is 0 Å². The van der Waals surface area contributed by atoms with Crippen molar-refractivity contribution < 1.29 is 9.47 Å². The molecule has 2 aliphatic rings. The minimum absolute atomic E-state index is 0. The Morgan fingerprint density at radius 3 is 3.00 bits per heavy atom. The molecule has 0 aliphatic carbocycles. The van der Waals surface area contributed by atoms with Crippen molar-refractivity contribution in [3.05, 3.63) is 18.0 Å². The summed E-state index contributed by atoms with van der Waals surface area (Å²) < 4.78 is 13.0. The van der Waals surface area contributed by atoms with Crippen LogP contribution in [0.3, 0.4) is 0 Å². The fourth-order valence-corrected chi connectivity index (χ4v) is 3.77. The number of hydrogen-bond acceptors (Lipinski definition) is 4. The molecular formula is C19H34IN5O2. The smallest absolute Gasteiger partial charge is 0.193 e. The first-order chi connectivity index (χ1) is 12.7. The maximum absolute atomic E-state index is 5.76. The molecule has 27 heavy (non-hydrogen) atoms. The second kappa shape index (κ2) is 11.9. The lowest BCUT2D eigenvalue weighted by molar-refractivity contribution is 0.0887. The predicted molar refractivity (Wildman–Crippen MR) is 118 cm³/mol. The lowest BCUT2D eigenvalue weighted by Gasteiger charge is -2.21. The van der Waals surface area contributed by atoms with E-state index >= 15 is 0 Å². The average molecular weight is 491 g/mol. The number of likely N-dealkylation sites (tertiary alicyclic amines) is 1. The molecule has 1 aromatic heterocycles. The second-order valence-corrected chi connectivity index (χ2v) is 7.46. The molecule has 0 bridgehead atoms. The van der Waals surface area contributed by atoms with Crippen LogP contribution in [0.1, 0.15) is 24.8 Å². The van der Waals surface area contributed by atoms with Gasteiger partial charge in [-0.3, -0.25) is 9.67 Å². The van der Waals surface area contributed by atoms with Gasteiger partial charge in [0.15, 0.2) is 5.96 Å². The highest BCUT2D eigenvalue weighted by Gasteiger charge is 2.25. The Morgan fingerprint density at radius 2 is 2.30 bits per heavy atom. The van der Waals surface area contributed by atoms with Gasteiger partial charge in [0.05, 0.1) is 19.4 Å². The number of guanidine groups is 1. The molecule has 2 saturated heterocycles. The molecule has 2 fully saturated rings. The molecular weight excluding hydrogens is 457 g/mol. The van der Waals surface area contributed by atoms with Gasteiger partial charge in [0, 0.05) is 59.1 Å². The van der Waals surface area contributed by atoms with Gasteiger partial charge in [-0.15, -0.1) is 24.0 Å². The molecule has 2 unspecified atom stereocenters. The molecule has 1 aromatic rings. The average Bonchev–Trinajstić information content (AvgIpc) is 3.38. The molecule has 154 valence electrons. The Morgan fingerprint density at radius 1 is 1.41 bits per heavy atom. The monoisotopic (exact) mass is 491 g/mol. The van der Waals surface area contributed by atoms with Crippen LogP contribution in [0, 0.1) is 11.8 Å². The van der Waals surface area contributed by atoms with Crippen LogP contribution < -0.4 is 5.32 Å². The number of ether oxygens (including phenoxy) is 2. The number of nitrogens with zero attached hydrogens (tertiary/aromatic N) is 4. The van der Waals surface area contributed by atoms with Crippen molar-refractivity contribution in [2.45, 2.75) is 25.7 Å². The van der Waals surface area contributed by atoms with Crippen molar-refractivity contribution in [3.63, 3.8) is 0 Å². The fraction of sp³-hybridized carbons (Fsp3) is 0.789. The Kier molecular flexibility index (Phi) is 9.84. The van der Waals surface area contributed by atoms with Crippen LogP contribution in [0.15, 0.2) is 17.4 Å². The summed E-state index contributed by atoms with van der Waals surface area (Å²) >= 11 is 0. The summed E-state index contributed by atoms with van der Waals surface area (Å²) in [6.45, 7) is 6.41. The maximum Gasteiger partial charge on any atom is 0.193 e. The normalized spacial score (nSPS) is 22.9. The summed E-state index contributed by atoms with van der Waals surface area (Å²) in [6.07, 6.45) is 8.54. The first-order valence-corrected chi connectivity index (χ1v) is 9.83. The first kappa shape index (κ1) is 22.4. The number of halogens is 1. The van der Waals surface area contributed by atoms with E-state index < -0.39 is 0 Å². The van der Waals surface area contributed by atoms with E-state index in [2.05, 4.69) is 26.5 Å². The number of aliphatic imine (C=N–C) groups is 1. The zero-order valence-corrected chi connectivity index (χ0v) is 18.9. The molecule has 2 aliphatic heterocycles. The van der Waals surface area contributed by atoms with Gasteiger partial charge < -0.3 is 19.7 Å². The standard InChI is InChI=1S/C19H33N5O2.HI/c1-20-19(21-6-3-8-25-14-17-5-9-26-15-17)24-7-4-16(13-24)10-18-11-22-23(2)12-18;/h11-12,16-17H,3-10,13-15H2,1-2H3,(H,20,21);1H. The van der Waals surface area contributed by atoms with Gasteiger partial charge in [-0.25, -0.2) is 0 Å². The second-order valence-electron chi connectivity index (χ2n) is 7.46. The summed E-state index contributed by atoms with van der Waals surface area (Å²) in [6, 6.07) is 0. The third-order valence-corrected chi connectivity index (χ3v) is 5.21. The van der Waals surface area contributed by atoms with Crippen molar-refractivity contribution in [2.75, 3.05) is 53.1 Å². The van der Waals surface area contributed by atoms with Crippen molar-refractivity contribution >= 4 is 29.9 Å². The summed E-state index contributed by atoms with van der Waals surface area (Å²) in [7, 11) is 3.84. The molecule has 3 heterocycles. The minimum atomic E-state index is 0. The van der Waals surface area contributed by atoms with Gasteiger partial charge in [-0.05, 0) is 37.2 Å². The Bertz CT molecular complexity index is 574. The van der Waals surface area contributed by atoms with Crippen molar-refractivity contribution in [1.82, 2.24) is 20.0 Å². The third-order valence-electron chi connectivity index (χ3n) is 5.21. The molecule has 0 spiro atoms. The molecule has 3 rings (SSSR count). The molecule has 7 nitrogen and oxygen atoms in total. The van der Waals surface area contributed by atoms with Crippen LogP contribution in [0.4, 0.5) is 0 Å². The Balaban J connectivity index is 0.00000261. The molecule has 0 radical (unpaired) electrons. The van der Waals surface area contributed by atoms with E-state index in [1.807, 2.05) is 25.0 Å². The van der Waals surface area contributed by atoms with E-state index in [9.17, 15) is 0 Å². The number of aryl methyl sites for hydroxylation is 1. The number of aromatic nitrogens is 2. The number of nitrogens with one attached hydrogen (secondary N) is 1. The van der Waals surface area contributed by atoms with Crippen molar-refractivity contribution in [1.29, 1.82) is 0 Å². The van der Waals surface area contributed by atoms with E-state index in [-0.39, 0.29) is 24.0 Å². The van der Waals surface area contributed by atoms with Crippen molar-refractivity contribution in [2.24, 2.45) is 23.9 Å². The molecule has 8 heteroatoms. The fourth-order valence-electron chi connectivity index (χ4n) is 3.77. The summed E-state index contributed by atoms with van der Waals surface area (Å²) in [5.41, 5.74) is 1.33. The molecule has 2 atom stereocenters. The van der Waals surface area contributed by atoms with E-state index in [4.69, 9.17) is 9.47 Å². The Hall–Kier alpha value is -0.870. The van der Waals surface area contributed by atoms with Gasteiger partial charge >= 0.3 is 0 Å². The summed E-state index contributed by atoms with van der Waals surface area (Å²) in [5.74, 6) is 2.29. The van der Waals surface area contributed by atoms with Crippen molar-refractivity contribution in [3.8, 4) is 0 Å². The zero-order chi connectivity index (χ0) is 18.2. The van der Waals surface area contributed by atoms with Gasteiger partial charge in [-0.2, -0.15) is 5.10 Å². The topological polar surface area (TPSA) is 63.9 Å². The largest absolute Gasteiger partial charge is 0.381 e. The lowest BCUT2D eigenvalue weighted by atomic mass is 10.0. The molecule has 0 amide bonds. The van der Waals surface area contributed by atoms with Gasteiger partial charge in [0.1, 0.15) is 0 Å². The highest BCUT2D eigenvalue weighted by Crippen LogP contribution is 2.20. The van der Waals surface area contributed by atoms with Crippen LogP contribution in [0.25, 0.3) is 0 Å². The summed E-state index contributed by atoms with van der Waals surface area (Å²) in [4.78, 5) is 6.83. The molecule has 0 aromatic carbocycles. The van der Waals surface area contributed by atoms with E-state index in [0.29, 0.717) is 11.8 Å². The predicted octanol–water partition coefficient (Wildman–Crippen LogP) is 1.92. The van der Waals surface area contributed by atoms with Gasteiger partial charge in [0.2, 0.25) is 0 Å². The van der Waals surface area contributed by atoms with E-state index in [0.717, 1.165) is 71.3 Å². The maximum atomic E-state index is 5.76. The lowest BCUT2D eigenvalue weighted by Crippen LogP contribution is -2.40. The van der Waals surface area contributed by atoms with E-state index in [1.54, 1.807) is 0 Å². The van der Waals surface area contributed by atoms with Crippen LogP contribution >= 0.6 is 24.0 Å². The quantitative estimate of drug-likeness (QED) is 0.261. The highest BCUT2D eigenvalue weighted by atomic mass is 127. The minimum Gasteiger partial charge on any atom is -0.381 e. The third kappa shape index (κ3) is 7.23. The summed E-state index contributed by atoms with van der Waals surface area (Å²) in [5, 5.41) is 7.75. The first-order valence-electron chi connectivity index (χ1n) is 9.83. The molecule has 0 saturated carbocycles. The Labute approximate surface area is 179 Å². The van der Waals surface area contributed by atoms with Crippen LogP contribution in [0.5, 0.6) is 0 Å².